The van der Waals surface area contributed by atoms with Gasteiger partial charge in [0.2, 0.25) is 0 Å². The molecule has 0 aliphatic heterocycles. The zero-order valence-corrected chi connectivity index (χ0v) is 7.00. The lowest BCUT2D eigenvalue weighted by atomic mass is 10.2. The molecule has 2 heteroatoms. The molecule has 2 nitrogen and oxygen atoms in total. The van der Waals surface area contributed by atoms with Crippen molar-refractivity contribution in [2.24, 2.45) is 0 Å². The molecule has 0 amide bonds. The van der Waals surface area contributed by atoms with E-state index in [4.69, 9.17) is 4.74 Å². The number of aryl methyl sites for hydroxylation is 1. The maximum atomic E-state index is 4.98. The number of hydrogen-bond acceptors (Lipinski definition) is 2. The zero-order chi connectivity index (χ0) is 8.10. The van der Waals surface area contributed by atoms with Gasteiger partial charge in [-0.15, -0.1) is 0 Å². The Hall–Kier alpha value is -1.05. The summed E-state index contributed by atoms with van der Waals surface area (Å²) in [7, 11) is 1.65. The molecule has 0 saturated heterocycles. The summed E-state index contributed by atoms with van der Waals surface area (Å²) >= 11 is 0. The van der Waals surface area contributed by atoms with Crippen molar-refractivity contribution in [2.45, 2.75) is 19.8 Å². The third-order valence-electron chi connectivity index (χ3n) is 1.54. The standard InChI is InChI=1S/C9H13NO/c1-3-4-8-5-6-9(11-2)7-10-8/h5-7H,3-4H2,1-2H3. The van der Waals surface area contributed by atoms with E-state index in [-0.39, 0.29) is 0 Å². The van der Waals surface area contributed by atoms with Gasteiger partial charge >= 0.3 is 0 Å². The highest BCUT2D eigenvalue weighted by molar-refractivity contribution is 5.19. The Morgan fingerprint density at radius 1 is 1.45 bits per heavy atom. The molecular formula is C9H13NO. The molecule has 0 bridgehead atoms. The third kappa shape index (κ3) is 2.22. The van der Waals surface area contributed by atoms with Crippen molar-refractivity contribution in [3.63, 3.8) is 0 Å². The van der Waals surface area contributed by atoms with Crippen LogP contribution in [0, 0.1) is 0 Å². The molecule has 0 aliphatic carbocycles. The van der Waals surface area contributed by atoms with E-state index in [0.717, 1.165) is 24.3 Å². The van der Waals surface area contributed by atoms with Gasteiger partial charge in [0.15, 0.2) is 0 Å². The topological polar surface area (TPSA) is 22.1 Å². The predicted octanol–water partition coefficient (Wildman–Crippen LogP) is 2.04. The molecule has 0 N–H and O–H groups in total. The van der Waals surface area contributed by atoms with Gasteiger partial charge in [-0.25, -0.2) is 0 Å². The van der Waals surface area contributed by atoms with E-state index in [1.807, 2.05) is 12.1 Å². The van der Waals surface area contributed by atoms with Crippen molar-refractivity contribution in [2.75, 3.05) is 7.11 Å². The molecule has 11 heavy (non-hydrogen) atoms. The van der Waals surface area contributed by atoms with E-state index in [2.05, 4.69) is 11.9 Å². The second-order valence-electron chi connectivity index (χ2n) is 2.44. The summed E-state index contributed by atoms with van der Waals surface area (Å²) in [5.74, 6) is 0.824. The smallest absolute Gasteiger partial charge is 0.137 e. The van der Waals surface area contributed by atoms with Crippen LogP contribution in [-0.2, 0) is 6.42 Å². The molecule has 1 rings (SSSR count). The maximum absolute atomic E-state index is 4.98. The first-order valence-electron chi connectivity index (χ1n) is 3.85. The molecule has 0 radical (unpaired) electrons. The van der Waals surface area contributed by atoms with Gasteiger partial charge in [-0.1, -0.05) is 13.3 Å². The van der Waals surface area contributed by atoms with Crippen molar-refractivity contribution < 1.29 is 4.74 Å². The van der Waals surface area contributed by atoms with Gasteiger partial charge < -0.3 is 4.74 Å². The molecule has 60 valence electrons. The molecule has 0 aromatic carbocycles. The fourth-order valence-corrected chi connectivity index (χ4v) is 0.936. The Labute approximate surface area is 67.2 Å². The second-order valence-corrected chi connectivity index (χ2v) is 2.44. The number of rotatable bonds is 3. The average molecular weight is 151 g/mol. The molecule has 0 spiro atoms. The number of nitrogens with zero attached hydrogens (tertiary/aromatic N) is 1. The van der Waals surface area contributed by atoms with Crippen LogP contribution in [0.25, 0.3) is 0 Å². The highest BCUT2D eigenvalue weighted by Gasteiger charge is 1.92. The Bertz CT molecular complexity index is 205. The van der Waals surface area contributed by atoms with Crippen molar-refractivity contribution in [1.29, 1.82) is 0 Å². The van der Waals surface area contributed by atoms with Crippen LogP contribution in [0.2, 0.25) is 0 Å². The first kappa shape index (κ1) is 8.05. The van der Waals surface area contributed by atoms with Crippen LogP contribution in [0.3, 0.4) is 0 Å². The maximum Gasteiger partial charge on any atom is 0.137 e. The predicted molar refractivity (Wildman–Crippen MR) is 44.8 cm³/mol. The van der Waals surface area contributed by atoms with Crippen LogP contribution < -0.4 is 4.74 Å². The highest BCUT2D eigenvalue weighted by Crippen LogP contribution is 2.08. The summed E-state index contributed by atoms with van der Waals surface area (Å²) in [6, 6.07) is 3.94. The van der Waals surface area contributed by atoms with E-state index in [0.29, 0.717) is 0 Å². The minimum atomic E-state index is 0.824. The molecule has 0 unspecified atom stereocenters. The fraction of sp³-hybridized carbons (Fsp3) is 0.444. The monoisotopic (exact) mass is 151 g/mol. The Morgan fingerprint density at radius 2 is 2.27 bits per heavy atom. The van der Waals surface area contributed by atoms with Crippen LogP contribution in [0.1, 0.15) is 19.0 Å². The van der Waals surface area contributed by atoms with Gasteiger partial charge in [0.05, 0.1) is 13.3 Å². The second kappa shape index (κ2) is 3.96. The molecular weight excluding hydrogens is 138 g/mol. The SMILES string of the molecule is CCCc1ccc(OC)cn1. The van der Waals surface area contributed by atoms with Crippen LogP contribution in [0.15, 0.2) is 18.3 Å². The third-order valence-corrected chi connectivity index (χ3v) is 1.54. The molecule has 1 aromatic rings. The Balaban J connectivity index is 2.66. The lowest BCUT2D eigenvalue weighted by Crippen LogP contribution is -1.89. The lowest BCUT2D eigenvalue weighted by Gasteiger charge is -1.99. The van der Waals surface area contributed by atoms with Crippen LogP contribution >= 0.6 is 0 Å². The van der Waals surface area contributed by atoms with Gasteiger partial charge in [0, 0.05) is 5.69 Å². The fourth-order valence-electron chi connectivity index (χ4n) is 0.936. The zero-order valence-electron chi connectivity index (χ0n) is 7.00. The summed E-state index contributed by atoms with van der Waals surface area (Å²) in [4.78, 5) is 4.21. The van der Waals surface area contributed by atoms with Gasteiger partial charge in [-0.05, 0) is 18.6 Å². The van der Waals surface area contributed by atoms with Crippen molar-refractivity contribution in [1.82, 2.24) is 4.98 Å². The molecule has 1 aromatic heterocycles. The van der Waals surface area contributed by atoms with Crippen LogP contribution in [-0.4, -0.2) is 12.1 Å². The molecule has 0 atom stereocenters. The van der Waals surface area contributed by atoms with E-state index in [1.54, 1.807) is 13.3 Å². The van der Waals surface area contributed by atoms with Gasteiger partial charge in [-0.2, -0.15) is 0 Å². The minimum absolute atomic E-state index is 0.824. The Morgan fingerprint density at radius 3 is 2.73 bits per heavy atom. The summed E-state index contributed by atoms with van der Waals surface area (Å²) in [5.41, 5.74) is 1.13. The van der Waals surface area contributed by atoms with E-state index in [1.165, 1.54) is 0 Å². The van der Waals surface area contributed by atoms with Crippen LogP contribution in [0.4, 0.5) is 0 Å². The van der Waals surface area contributed by atoms with Gasteiger partial charge in [0.1, 0.15) is 5.75 Å². The first-order valence-corrected chi connectivity index (χ1v) is 3.85. The highest BCUT2D eigenvalue weighted by atomic mass is 16.5. The van der Waals surface area contributed by atoms with Crippen molar-refractivity contribution >= 4 is 0 Å². The summed E-state index contributed by atoms with van der Waals surface area (Å²) in [6.07, 6.45) is 3.94. The molecule has 0 fully saturated rings. The van der Waals surface area contributed by atoms with E-state index in [9.17, 15) is 0 Å². The van der Waals surface area contributed by atoms with Gasteiger partial charge in [0.25, 0.3) is 0 Å². The average Bonchev–Trinajstić information content (AvgIpc) is 2.07. The summed E-state index contributed by atoms with van der Waals surface area (Å²) in [6.45, 7) is 2.14. The molecule has 1 heterocycles. The molecule has 0 saturated carbocycles. The lowest BCUT2D eigenvalue weighted by molar-refractivity contribution is 0.412. The largest absolute Gasteiger partial charge is 0.495 e. The summed E-state index contributed by atoms with van der Waals surface area (Å²) < 4.78 is 4.98. The normalized spacial score (nSPS) is 9.64. The number of pyridine rings is 1. The quantitative estimate of drug-likeness (QED) is 0.659. The first-order chi connectivity index (χ1) is 5.36. The van der Waals surface area contributed by atoms with Crippen molar-refractivity contribution in [3.05, 3.63) is 24.0 Å². The van der Waals surface area contributed by atoms with Crippen molar-refractivity contribution in [3.8, 4) is 5.75 Å². The number of aromatic nitrogens is 1. The number of ether oxygens (including phenoxy) is 1. The number of hydrogen-bond donors (Lipinski definition) is 0. The van der Waals surface area contributed by atoms with Crippen LogP contribution in [0.5, 0.6) is 5.75 Å². The number of methoxy groups -OCH3 is 1. The minimum Gasteiger partial charge on any atom is -0.495 e. The Kier molecular flexibility index (Phi) is 2.90. The van der Waals surface area contributed by atoms with E-state index < -0.39 is 0 Å². The van der Waals surface area contributed by atoms with Gasteiger partial charge in [-0.3, -0.25) is 4.98 Å². The molecule has 0 aliphatic rings. The van der Waals surface area contributed by atoms with E-state index >= 15 is 0 Å². The summed E-state index contributed by atoms with van der Waals surface area (Å²) in [5, 5.41) is 0.